The van der Waals surface area contributed by atoms with E-state index in [0.717, 1.165) is 29.7 Å². The van der Waals surface area contributed by atoms with Crippen LogP contribution in [0.5, 0.6) is 0 Å². The monoisotopic (exact) mass is 440 g/mol. The van der Waals surface area contributed by atoms with E-state index in [0.29, 0.717) is 16.3 Å². The predicted molar refractivity (Wildman–Crippen MR) is 114 cm³/mol. The van der Waals surface area contributed by atoms with Crippen LogP contribution in [0.3, 0.4) is 0 Å². The smallest absolute Gasteiger partial charge is 0.356 e. The van der Waals surface area contributed by atoms with Gasteiger partial charge in [-0.15, -0.1) is 11.3 Å². The average molecular weight is 440 g/mol. The summed E-state index contributed by atoms with van der Waals surface area (Å²) in [6.07, 6.45) is 3.99. The molecule has 2 heterocycles. The van der Waals surface area contributed by atoms with Gasteiger partial charge in [0, 0.05) is 11.3 Å². The molecule has 3 amide bonds. The lowest BCUT2D eigenvalue weighted by molar-refractivity contribution is -0.143. The number of amides is 3. The molecule has 10 heteroatoms. The van der Waals surface area contributed by atoms with E-state index >= 15 is 0 Å². The number of hydrogen-bond donors (Lipinski definition) is 3. The number of thiophene rings is 1. The van der Waals surface area contributed by atoms with Crippen LogP contribution in [0.1, 0.15) is 33.6 Å². The van der Waals surface area contributed by atoms with Crippen molar-refractivity contribution in [2.45, 2.75) is 25.7 Å². The van der Waals surface area contributed by atoms with Crippen molar-refractivity contribution in [1.82, 2.24) is 5.43 Å². The first kappa shape index (κ1) is 20.6. The molecule has 2 aromatic rings. The number of hydrogen-bond acceptors (Lipinski definition) is 7. The summed E-state index contributed by atoms with van der Waals surface area (Å²) in [6, 6.07) is 8.80. The van der Waals surface area contributed by atoms with E-state index in [1.54, 1.807) is 24.3 Å². The molecule has 1 aliphatic carbocycles. The molecule has 160 valence electrons. The molecule has 0 unspecified atom stereocenters. The van der Waals surface area contributed by atoms with Gasteiger partial charge in [-0.05, 0) is 43.0 Å². The van der Waals surface area contributed by atoms with Gasteiger partial charge in [0.05, 0.1) is 11.3 Å². The lowest BCUT2D eigenvalue weighted by Crippen LogP contribution is -2.47. The van der Waals surface area contributed by atoms with Crippen molar-refractivity contribution in [1.29, 1.82) is 0 Å². The van der Waals surface area contributed by atoms with Crippen molar-refractivity contribution < 1.29 is 23.9 Å². The number of nitrogens with zero attached hydrogens (tertiary/aromatic N) is 1. The summed E-state index contributed by atoms with van der Waals surface area (Å²) in [6.45, 7) is -0.544. The molecule has 0 saturated carbocycles. The molecule has 0 atom stereocenters. The van der Waals surface area contributed by atoms with Crippen LogP contribution in [-0.4, -0.2) is 30.3 Å². The van der Waals surface area contributed by atoms with Crippen LogP contribution in [0.4, 0.5) is 10.7 Å². The summed E-state index contributed by atoms with van der Waals surface area (Å²) >= 11 is 1.32. The number of nitrogens with one attached hydrogen (secondary N) is 2. The lowest BCUT2D eigenvalue weighted by Gasteiger charge is -2.28. The molecule has 31 heavy (non-hydrogen) atoms. The van der Waals surface area contributed by atoms with E-state index in [1.807, 2.05) is 6.07 Å². The molecule has 1 aromatic carbocycles. The maximum absolute atomic E-state index is 12.4. The second-order valence-corrected chi connectivity index (χ2v) is 8.15. The van der Waals surface area contributed by atoms with Gasteiger partial charge >= 0.3 is 5.97 Å². The molecule has 0 radical (unpaired) electrons. The SMILES string of the molecule is NC(=O)c1c(NC(=O)COC(=O)C2=CCC(=O)N(c3ccccc3)N2)sc2c1CCC2. The van der Waals surface area contributed by atoms with Crippen molar-refractivity contribution in [3.05, 3.63) is 58.1 Å². The van der Waals surface area contributed by atoms with Crippen LogP contribution in [0, 0.1) is 0 Å². The summed E-state index contributed by atoms with van der Waals surface area (Å²) in [5.74, 6) is -2.17. The number of nitrogens with two attached hydrogens (primary N) is 1. The zero-order chi connectivity index (χ0) is 22.0. The number of para-hydroxylation sites is 1. The Morgan fingerprint density at radius 3 is 2.71 bits per heavy atom. The largest absolute Gasteiger partial charge is 0.451 e. The van der Waals surface area contributed by atoms with Crippen molar-refractivity contribution >= 4 is 45.7 Å². The molecule has 0 bridgehead atoms. The number of hydrazine groups is 1. The van der Waals surface area contributed by atoms with Crippen molar-refractivity contribution in [3.63, 3.8) is 0 Å². The average Bonchev–Trinajstić information content (AvgIpc) is 3.33. The molecule has 1 aliphatic heterocycles. The highest BCUT2D eigenvalue weighted by Gasteiger charge is 2.27. The minimum absolute atomic E-state index is 0.0151. The molecule has 4 rings (SSSR count). The van der Waals surface area contributed by atoms with E-state index < -0.39 is 24.4 Å². The van der Waals surface area contributed by atoms with E-state index in [9.17, 15) is 19.2 Å². The van der Waals surface area contributed by atoms with Gasteiger partial charge < -0.3 is 15.8 Å². The zero-order valence-corrected chi connectivity index (χ0v) is 17.3. The molecular weight excluding hydrogens is 420 g/mol. The standard InChI is InChI=1S/C21H20N4O5S/c22-19(28)18-13-7-4-8-15(13)31-20(18)23-16(26)11-30-21(29)14-9-10-17(27)25(24-14)12-5-2-1-3-6-12/h1-3,5-6,9,24H,4,7-8,10-11H2,(H2,22,28)(H,23,26). The second kappa shape index (κ2) is 8.60. The van der Waals surface area contributed by atoms with E-state index in [1.165, 1.54) is 22.4 Å². The number of rotatable bonds is 6. The molecule has 0 saturated heterocycles. The Morgan fingerprint density at radius 1 is 1.19 bits per heavy atom. The third-order valence-corrected chi connectivity index (χ3v) is 6.16. The Kier molecular flexibility index (Phi) is 5.72. The number of esters is 1. The summed E-state index contributed by atoms with van der Waals surface area (Å²) in [5, 5.41) is 4.25. The van der Waals surface area contributed by atoms with Gasteiger partial charge in [-0.2, -0.15) is 0 Å². The van der Waals surface area contributed by atoms with E-state index in [4.69, 9.17) is 10.5 Å². The molecule has 2 aliphatic rings. The van der Waals surface area contributed by atoms with Gasteiger partial charge in [0.25, 0.3) is 11.8 Å². The van der Waals surface area contributed by atoms with Crippen LogP contribution in [0.25, 0.3) is 0 Å². The molecule has 0 spiro atoms. The summed E-state index contributed by atoms with van der Waals surface area (Å²) < 4.78 is 5.08. The fourth-order valence-electron chi connectivity index (χ4n) is 3.55. The van der Waals surface area contributed by atoms with Gasteiger partial charge in [-0.1, -0.05) is 18.2 Å². The number of primary amides is 1. The predicted octanol–water partition coefficient (Wildman–Crippen LogP) is 1.64. The van der Waals surface area contributed by atoms with Gasteiger partial charge in [0.1, 0.15) is 10.7 Å². The van der Waals surface area contributed by atoms with Crippen LogP contribution in [0.2, 0.25) is 0 Å². The Bertz CT molecular complexity index is 1090. The third-order valence-electron chi connectivity index (χ3n) is 4.95. The second-order valence-electron chi connectivity index (χ2n) is 7.05. The molecule has 0 fully saturated rings. The van der Waals surface area contributed by atoms with Gasteiger partial charge in [0.15, 0.2) is 6.61 Å². The number of anilines is 2. The molecule has 4 N–H and O–H groups in total. The number of ether oxygens (including phenoxy) is 1. The highest BCUT2D eigenvalue weighted by molar-refractivity contribution is 7.17. The highest BCUT2D eigenvalue weighted by Crippen LogP contribution is 2.38. The van der Waals surface area contributed by atoms with Gasteiger partial charge in [0.2, 0.25) is 5.91 Å². The topological polar surface area (TPSA) is 131 Å². The number of fused-ring (bicyclic) bond motifs is 1. The number of benzene rings is 1. The minimum atomic E-state index is -0.771. The number of carbonyl (C=O) groups is 4. The van der Waals surface area contributed by atoms with Gasteiger partial charge in [-0.25, -0.2) is 9.80 Å². The first-order chi connectivity index (χ1) is 14.9. The summed E-state index contributed by atoms with van der Waals surface area (Å²) in [4.78, 5) is 49.7. The highest BCUT2D eigenvalue weighted by atomic mass is 32.1. The normalized spacial score (nSPS) is 15.0. The van der Waals surface area contributed by atoms with Crippen molar-refractivity contribution in [3.8, 4) is 0 Å². The maximum Gasteiger partial charge on any atom is 0.356 e. The first-order valence-electron chi connectivity index (χ1n) is 9.70. The molecular formula is C21H20N4O5S. The van der Waals surface area contributed by atoms with Crippen LogP contribution >= 0.6 is 11.3 Å². The quantitative estimate of drug-likeness (QED) is 0.586. The Hall–Kier alpha value is -3.66. The van der Waals surface area contributed by atoms with Crippen molar-refractivity contribution in [2.24, 2.45) is 5.73 Å². The molecule has 1 aromatic heterocycles. The Morgan fingerprint density at radius 2 is 1.97 bits per heavy atom. The fourth-order valence-corrected chi connectivity index (χ4v) is 4.86. The van der Waals surface area contributed by atoms with Crippen LogP contribution < -0.4 is 21.5 Å². The Labute approximate surface area is 181 Å². The molecule has 9 nitrogen and oxygen atoms in total. The van der Waals surface area contributed by atoms with Gasteiger partial charge in [-0.3, -0.25) is 19.8 Å². The maximum atomic E-state index is 12.4. The zero-order valence-electron chi connectivity index (χ0n) is 16.5. The van der Waals surface area contributed by atoms with E-state index in [-0.39, 0.29) is 18.0 Å². The summed E-state index contributed by atoms with van der Waals surface area (Å²) in [7, 11) is 0. The summed E-state index contributed by atoms with van der Waals surface area (Å²) in [5.41, 5.74) is 10.1. The third kappa shape index (κ3) is 4.29. The minimum Gasteiger partial charge on any atom is -0.451 e. The number of carbonyl (C=O) groups excluding carboxylic acids is 4. The Balaban J connectivity index is 1.36. The van der Waals surface area contributed by atoms with Crippen LogP contribution in [0.15, 0.2) is 42.1 Å². The number of aryl methyl sites for hydroxylation is 1. The van der Waals surface area contributed by atoms with Crippen molar-refractivity contribution in [2.75, 3.05) is 16.9 Å². The first-order valence-corrected chi connectivity index (χ1v) is 10.5. The lowest BCUT2D eigenvalue weighted by atomic mass is 10.1. The van der Waals surface area contributed by atoms with Crippen LogP contribution in [-0.2, 0) is 32.0 Å². The van der Waals surface area contributed by atoms with E-state index in [2.05, 4.69) is 10.7 Å². The fraction of sp³-hybridized carbons (Fsp3) is 0.238.